The SMILES string of the molecule is C=C=C(C[Si](C)(C)C)[C@H](O)CCc1ccccc1. The summed E-state index contributed by atoms with van der Waals surface area (Å²) in [5, 5.41) is 10.2. The highest BCUT2D eigenvalue weighted by atomic mass is 28.3. The molecule has 0 bridgehead atoms. The van der Waals surface area contributed by atoms with Crippen LogP contribution in [0.4, 0.5) is 0 Å². The van der Waals surface area contributed by atoms with Crippen LogP contribution in [0.1, 0.15) is 12.0 Å². The van der Waals surface area contributed by atoms with Gasteiger partial charge in [-0.3, -0.25) is 0 Å². The van der Waals surface area contributed by atoms with Crippen molar-refractivity contribution in [1.82, 2.24) is 0 Å². The first-order valence-electron chi connectivity index (χ1n) is 6.53. The summed E-state index contributed by atoms with van der Waals surface area (Å²) in [7, 11) is -1.21. The molecule has 0 heterocycles. The molecule has 0 fully saturated rings. The fraction of sp³-hybridized carbons (Fsp3) is 0.438. The van der Waals surface area contributed by atoms with Gasteiger partial charge in [0.25, 0.3) is 0 Å². The summed E-state index contributed by atoms with van der Waals surface area (Å²) in [5.74, 6) is 0. The van der Waals surface area contributed by atoms with Crippen LogP contribution in [-0.4, -0.2) is 19.3 Å². The van der Waals surface area contributed by atoms with Crippen molar-refractivity contribution in [1.29, 1.82) is 0 Å². The molecule has 18 heavy (non-hydrogen) atoms. The van der Waals surface area contributed by atoms with Gasteiger partial charge in [-0.05, 0) is 30.0 Å². The fourth-order valence-corrected chi connectivity index (χ4v) is 3.50. The van der Waals surface area contributed by atoms with E-state index in [0.29, 0.717) is 0 Å². The zero-order chi connectivity index (χ0) is 13.6. The van der Waals surface area contributed by atoms with Crippen LogP contribution >= 0.6 is 0 Å². The van der Waals surface area contributed by atoms with Gasteiger partial charge >= 0.3 is 0 Å². The minimum absolute atomic E-state index is 0.394. The molecule has 0 aliphatic rings. The summed E-state index contributed by atoms with van der Waals surface area (Å²) in [6.07, 6.45) is 1.26. The van der Waals surface area contributed by atoms with Crippen molar-refractivity contribution >= 4 is 8.07 Å². The predicted molar refractivity (Wildman–Crippen MR) is 81.6 cm³/mol. The van der Waals surface area contributed by atoms with Crippen molar-refractivity contribution in [3.05, 3.63) is 53.8 Å². The second-order valence-corrected chi connectivity index (χ2v) is 11.5. The average Bonchev–Trinajstić information content (AvgIpc) is 2.33. The third-order valence-electron chi connectivity index (χ3n) is 2.90. The quantitative estimate of drug-likeness (QED) is 0.605. The Balaban J connectivity index is 2.54. The fourth-order valence-electron chi connectivity index (χ4n) is 1.99. The van der Waals surface area contributed by atoms with Gasteiger partial charge in [0.2, 0.25) is 0 Å². The highest BCUT2D eigenvalue weighted by Gasteiger charge is 2.20. The molecule has 1 atom stereocenters. The Labute approximate surface area is 112 Å². The molecule has 1 N–H and O–H groups in total. The minimum atomic E-state index is -1.21. The maximum Gasteiger partial charge on any atom is 0.0823 e. The molecule has 1 aromatic rings. The lowest BCUT2D eigenvalue weighted by Crippen LogP contribution is -2.24. The summed E-state index contributed by atoms with van der Waals surface area (Å²) in [6.45, 7) is 10.6. The molecule has 1 nitrogen and oxygen atoms in total. The smallest absolute Gasteiger partial charge is 0.0823 e. The summed E-state index contributed by atoms with van der Waals surface area (Å²) in [6, 6.07) is 11.3. The van der Waals surface area contributed by atoms with Gasteiger partial charge in [0.15, 0.2) is 0 Å². The monoisotopic (exact) mass is 260 g/mol. The first kappa shape index (κ1) is 15.0. The standard InChI is InChI=1S/C16H24OSi/c1-5-15(13-18(2,3)4)16(17)12-11-14-9-7-6-8-10-14/h6-10,16-17H,1,11-13H2,2-4H3/t16-/m1/s1. The van der Waals surface area contributed by atoms with Gasteiger partial charge in [0, 0.05) is 8.07 Å². The second-order valence-electron chi connectivity index (χ2n) is 5.98. The third kappa shape index (κ3) is 5.50. The van der Waals surface area contributed by atoms with Crippen LogP contribution in [-0.2, 0) is 6.42 Å². The summed E-state index contributed by atoms with van der Waals surface area (Å²) >= 11 is 0. The van der Waals surface area contributed by atoms with Crippen molar-refractivity contribution in [2.24, 2.45) is 0 Å². The number of hydrogen-bond acceptors (Lipinski definition) is 1. The highest BCUT2D eigenvalue weighted by molar-refractivity contribution is 6.76. The van der Waals surface area contributed by atoms with E-state index in [-0.39, 0.29) is 0 Å². The number of aryl methyl sites for hydroxylation is 1. The molecule has 0 aromatic heterocycles. The highest BCUT2D eigenvalue weighted by Crippen LogP contribution is 2.20. The Hall–Kier alpha value is -1.08. The van der Waals surface area contributed by atoms with Gasteiger partial charge < -0.3 is 5.11 Å². The van der Waals surface area contributed by atoms with Crippen molar-refractivity contribution in [2.45, 2.75) is 44.6 Å². The van der Waals surface area contributed by atoms with Crippen LogP contribution in [0.3, 0.4) is 0 Å². The van der Waals surface area contributed by atoms with Crippen molar-refractivity contribution in [2.75, 3.05) is 0 Å². The summed E-state index contributed by atoms with van der Waals surface area (Å²) in [5.41, 5.74) is 5.21. The Bertz CT molecular complexity index is 410. The maximum absolute atomic E-state index is 10.2. The molecule has 98 valence electrons. The van der Waals surface area contributed by atoms with E-state index in [1.54, 1.807) is 0 Å². The molecule has 0 radical (unpaired) electrons. The molecule has 0 spiro atoms. The van der Waals surface area contributed by atoms with Crippen LogP contribution < -0.4 is 0 Å². The summed E-state index contributed by atoms with van der Waals surface area (Å²) in [4.78, 5) is 0. The first-order valence-corrected chi connectivity index (χ1v) is 10.2. The van der Waals surface area contributed by atoms with Gasteiger partial charge in [-0.1, -0.05) is 56.6 Å². The van der Waals surface area contributed by atoms with E-state index < -0.39 is 14.2 Å². The van der Waals surface area contributed by atoms with Gasteiger partial charge in [0.1, 0.15) is 0 Å². The van der Waals surface area contributed by atoms with Gasteiger partial charge in [-0.15, -0.1) is 5.73 Å². The summed E-state index contributed by atoms with van der Waals surface area (Å²) < 4.78 is 0. The molecule has 0 saturated carbocycles. The van der Waals surface area contributed by atoms with E-state index in [0.717, 1.165) is 24.5 Å². The zero-order valence-electron chi connectivity index (χ0n) is 11.7. The molecule has 2 heteroatoms. The molecule has 0 aliphatic heterocycles. The van der Waals surface area contributed by atoms with Crippen LogP contribution in [0.2, 0.25) is 25.7 Å². The molecule has 0 unspecified atom stereocenters. The second kappa shape index (κ2) is 6.74. The number of aliphatic hydroxyl groups excluding tert-OH is 1. The van der Waals surface area contributed by atoms with Crippen LogP contribution in [0.25, 0.3) is 0 Å². The van der Waals surface area contributed by atoms with Crippen LogP contribution in [0.5, 0.6) is 0 Å². The first-order chi connectivity index (χ1) is 8.42. The largest absolute Gasteiger partial charge is 0.388 e. The normalized spacial score (nSPS) is 12.9. The third-order valence-corrected chi connectivity index (χ3v) is 4.34. The molecule has 1 aromatic carbocycles. The van der Waals surface area contributed by atoms with Gasteiger partial charge in [-0.2, -0.15) is 0 Å². The number of hydrogen-bond donors (Lipinski definition) is 1. The molecule has 0 saturated heterocycles. The minimum Gasteiger partial charge on any atom is -0.388 e. The van der Waals surface area contributed by atoms with Crippen LogP contribution in [0, 0.1) is 0 Å². The van der Waals surface area contributed by atoms with E-state index in [1.807, 2.05) is 18.2 Å². The number of rotatable bonds is 6. The molecule has 1 rings (SSSR count). The predicted octanol–water partition coefficient (Wildman–Crippen LogP) is 4.03. The van der Waals surface area contributed by atoms with Crippen molar-refractivity contribution in [3.63, 3.8) is 0 Å². The lowest BCUT2D eigenvalue weighted by atomic mass is 10.0. The van der Waals surface area contributed by atoms with Crippen molar-refractivity contribution in [3.8, 4) is 0 Å². The Kier molecular flexibility index (Phi) is 5.61. The Morgan fingerprint density at radius 2 is 1.89 bits per heavy atom. The van der Waals surface area contributed by atoms with E-state index >= 15 is 0 Å². The maximum atomic E-state index is 10.2. The van der Waals surface area contributed by atoms with E-state index in [9.17, 15) is 5.11 Å². The average molecular weight is 260 g/mol. The molecule has 0 amide bonds. The van der Waals surface area contributed by atoms with Crippen molar-refractivity contribution < 1.29 is 5.11 Å². The lowest BCUT2D eigenvalue weighted by Gasteiger charge is -2.20. The van der Waals surface area contributed by atoms with E-state index in [1.165, 1.54) is 5.56 Å². The van der Waals surface area contributed by atoms with E-state index in [2.05, 4.69) is 44.1 Å². The molecule has 0 aliphatic carbocycles. The number of benzene rings is 1. The van der Waals surface area contributed by atoms with Gasteiger partial charge in [0.05, 0.1) is 6.10 Å². The number of aliphatic hydroxyl groups is 1. The van der Waals surface area contributed by atoms with Gasteiger partial charge in [-0.25, -0.2) is 0 Å². The topological polar surface area (TPSA) is 20.2 Å². The Morgan fingerprint density at radius 1 is 1.28 bits per heavy atom. The lowest BCUT2D eigenvalue weighted by molar-refractivity contribution is 0.201. The molecular formula is C16H24OSi. The zero-order valence-corrected chi connectivity index (χ0v) is 12.7. The van der Waals surface area contributed by atoms with Crippen LogP contribution in [0.15, 0.2) is 48.2 Å². The van der Waals surface area contributed by atoms with E-state index in [4.69, 9.17) is 0 Å². The Morgan fingerprint density at radius 3 is 2.39 bits per heavy atom. The molecular weight excluding hydrogens is 236 g/mol.